The van der Waals surface area contributed by atoms with Gasteiger partial charge in [-0.15, -0.1) is 0 Å². The van der Waals surface area contributed by atoms with E-state index >= 15 is 0 Å². The molecule has 2 heterocycles. The number of aryl methyl sites for hydroxylation is 1. The van der Waals surface area contributed by atoms with Crippen molar-refractivity contribution in [1.82, 2.24) is 10.1 Å². The van der Waals surface area contributed by atoms with Crippen LogP contribution in [0.1, 0.15) is 34.7 Å². The van der Waals surface area contributed by atoms with Gasteiger partial charge in [-0.3, -0.25) is 4.79 Å². The van der Waals surface area contributed by atoms with E-state index < -0.39 is 0 Å². The molecule has 1 unspecified atom stereocenters. The van der Waals surface area contributed by atoms with Crippen molar-refractivity contribution in [2.24, 2.45) is 0 Å². The zero-order valence-electron chi connectivity index (χ0n) is 12.9. The molecule has 1 fully saturated rings. The zero-order valence-corrected chi connectivity index (χ0v) is 12.9. The van der Waals surface area contributed by atoms with Crippen molar-refractivity contribution >= 4 is 5.91 Å². The van der Waals surface area contributed by atoms with E-state index in [1.165, 1.54) is 0 Å². The SMILES string of the molecule is COc1ccccc1CC1CCCN1C(=O)c1cc(C)on1. The Morgan fingerprint density at radius 3 is 3.00 bits per heavy atom. The molecule has 1 saturated heterocycles. The fourth-order valence-corrected chi connectivity index (χ4v) is 3.06. The number of methoxy groups -OCH3 is 1. The third-order valence-corrected chi connectivity index (χ3v) is 4.13. The van der Waals surface area contributed by atoms with E-state index in [9.17, 15) is 4.79 Å². The van der Waals surface area contributed by atoms with E-state index in [1.807, 2.05) is 23.1 Å². The number of hydrogen-bond donors (Lipinski definition) is 0. The molecule has 1 aliphatic heterocycles. The second kappa shape index (κ2) is 6.22. The molecule has 22 heavy (non-hydrogen) atoms. The van der Waals surface area contributed by atoms with Crippen molar-refractivity contribution in [1.29, 1.82) is 0 Å². The number of likely N-dealkylation sites (tertiary alicyclic amines) is 1. The van der Waals surface area contributed by atoms with Crippen LogP contribution in [0.5, 0.6) is 5.75 Å². The molecule has 0 radical (unpaired) electrons. The minimum Gasteiger partial charge on any atom is -0.496 e. The molecule has 5 nitrogen and oxygen atoms in total. The first-order valence-electron chi connectivity index (χ1n) is 7.55. The molecule has 1 aromatic carbocycles. The Bertz CT molecular complexity index is 665. The van der Waals surface area contributed by atoms with Crippen LogP contribution in [0.15, 0.2) is 34.9 Å². The third-order valence-electron chi connectivity index (χ3n) is 4.13. The van der Waals surface area contributed by atoms with Crippen molar-refractivity contribution in [3.63, 3.8) is 0 Å². The number of para-hydroxylation sites is 1. The van der Waals surface area contributed by atoms with Crippen LogP contribution in [-0.2, 0) is 6.42 Å². The van der Waals surface area contributed by atoms with Crippen molar-refractivity contribution in [3.8, 4) is 5.75 Å². The van der Waals surface area contributed by atoms with E-state index in [2.05, 4.69) is 11.2 Å². The van der Waals surface area contributed by atoms with Crippen molar-refractivity contribution in [2.75, 3.05) is 13.7 Å². The summed E-state index contributed by atoms with van der Waals surface area (Å²) in [5.74, 6) is 1.48. The maximum atomic E-state index is 12.6. The standard InChI is InChI=1S/C17H20N2O3/c1-12-10-15(18-22-12)17(20)19-9-5-7-14(19)11-13-6-3-4-8-16(13)21-2/h3-4,6,8,10,14H,5,7,9,11H2,1-2H3. The van der Waals surface area contributed by atoms with Gasteiger partial charge >= 0.3 is 0 Å². The van der Waals surface area contributed by atoms with Crippen molar-refractivity contribution in [3.05, 3.63) is 47.3 Å². The molecule has 0 saturated carbocycles. The topological polar surface area (TPSA) is 55.6 Å². The number of carbonyl (C=O) groups is 1. The van der Waals surface area contributed by atoms with Gasteiger partial charge in [0.05, 0.1) is 7.11 Å². The molecule has 0 aliphatic carbocycles. The first kappa shape index (κ1) is 14.6. The van der Waals surface area contributed by atoms with E-state index in [4.69, 9.17) is 9.26 Å². The second-order valence-electron chi connectivity index (χ2n) is 5.63. The number of ether oxygens (including phenoxy) is 1. The predicted octanol–water partition coefficient (Wildman–Crippen LogP) is 2.84. The van der Waals surface area contributed by atoms with Crippen LogP contribution in [0.2, 0.25) is 0 Å². The molecule has 0 N–H and O–H groups in total. The largest absolute Gasteiger partial charge is 0.496 e. The van der Waals surface area contributed by atoms with Gasteiger partial charge in [0, 0.05) is 18.7 Å². The van der Waals surface area contributed by atoms with Gasteiger partial charge in [0.15, 0.2) is 5.69 Å². The molecule has 1 atom stereocenters. The summed E-state index contributed by atoms with van der Waals surface area (Å²) < 4.78 is 10.4. The fraction of sp³-hybridized carbons (Fsp3) is 0.412. The van der Waals surface area contributed by atoms with E-state index in [0.717, 1.165) is 37.1 Å². The summed E-state index contributed by atoms with van der Waals surface area (Å²) in [6.45, 7) is 2.56. The van der Waals surface area contributed by atoms with Crippen LogP contribution in [0, 0.1) is 6.92 Å². The minimum atomic E-state index is -0.0470. The van der Waals surface area contributed by atoms with Gasteiger partial charge in [-0.25, -0.2) is 0 Å². The quantitative estimate of drug-likeness (QED) is 0.871. The fourth-order valence-electron chi connectivity index (χ4n) is 3.06. The number of benzene rings is 1. The van der Waals surface area contributed by atoms with Crippen LogP contribution < -0.4 is 4.74 Å². The average Bonchev–Trinajstić information content (AvgIpc) is 3.16. The Kier molecular flexibility index (Phi) is 4.13. The Hall–Kier alpha value is -2.30. The molecule has 116 valence electrons. The molecule has 1 amide bonds. The molecular weight excluding hydrogens is 280 g/mol. The highest BCUT2D eigenvalue weighted by molar-refractivity contribution is 5.92. The lowest BCUT2D eigenvalue weighted by atomic mass is 10.0. The Labute approximate surface area is 129 Å². The van der Waals surface area contributed by atoms with Crippen LogP contribution in [0.25, 0.3) is 0 Å². The Balaban J connectivity index is 1.77. The number of aromatic nitrogens is 1. The molecular formula is C17H20N2O3. The van der Waals surface area contributed by atoms with Gasteiger partial charge in [0.25, 0.3) is 5.91 Å². The third kappa shape index (κ3) is 2.84. The number of hydrogen-bond acceptors (Lipinski definition) is 4. The van der Waals surface area contributed by atoms with E-state index in [-0.39, 0.29) is 11.9 Å². The monoisotopic (exact) mass is 300 g/mol. The number of nitrogens with zero attached hydrogens (tertiary/aromatic N) is 2. The number of rotatable bonds is 4. The molecule has 1 aliphatic rings. The van der Waals surface area contributed by atoms with Crippen LogP contribution in [0.3, 0.4) is 0 Å². The summed E-state index contributed by atoms with van der Waals surface area (Å²) >= 11 is 0. The van der Waals surface area contributed by atoms with Gasteiger partial charge < -0.3 is 14.2 Å². The summed E-state index contributed by atoms with van der Waals surface area (Å²) in [4.78, 5) is 14.5. The average molecular weight is 300 g/mol. The normalized spacial score (nSPS) is 17.7. The molecule has 0 bridgehead atoms. The van der Waals surface area contributed by atoms with Crippen molar-refractivity contribution in [2.45, 2.75) is 32.2 Å². The van der Waals surface area contributed by atoms with Gasteiger partial charge in [-0.2, -0.15) is 0 Å². The molecule has 3 rings (SSSR count). The second-order valence-corrected chi connectivity index (χ2v) is 5.63. The van der Waals surface area contributed by atoms with Gasteiger partial charge in [-0.1, -0.05) is 23.4 Å². The summed E-state index contributed by atoms with van der Waals surface area (Å²) in [6.07, 6.45) is 2.82. The highest BCUT2D eigenvalue weighted by atomic mass is 16.5. The molecule has 1 aromatic heterocycles. The van der Waals surface area contributed by atoms with Crippen LogP contribution in [-0.4, -0.2) is 35.7 Å². The highest BCUT2D eigenvalue weighted by Crippen LogP contribution is 2.27. The van der Waals surface area contributed by atoms with Gasteiger partial charge in [0.2, 0.25) is 0 Å². The first-order valence-corrected chi connectivity index (χ1v) is 7.55. The minimum absolute atomic E-state index is 0.0470. The van der Waals surface area contributed by atoms with Gasteiger partial charge in [-0.05, 0) is 37.8 Å². The first-order chi connectivity index (χ1) is 10.7. The lowest BCUT2D eigenvalue weighted by molar-refractivity contribution is 0.0725. The molecule has 0 spiro atoms. The Morgan fingerprint density at radius 2 is 2.27 bits per heavy atom. The summed E-state index contributed by atoms with van der Waals surface area (Å²) in [6, 6.07) is 9.84. The highest BCUT2D eigenvalue weighted by Gasteiger charge is 2.31. The summed E-state index contributed by atoms with van der Waals surface area (Å²) in [5, 5.41) is 3.84. The zero-order chi connectivity index (χ0) is 15.5. The lowest BCUT2D eigenvalue weighted by Crippen LogP contribution is -2.37. The maximum absolute atomic E-state index is 12.6. The summed E-state index contributed by atoms with van der Waals surface area (Å²) in [5.41, 5.74) is 1.52. The predicted molar refractivity (Wildman–Crippen MR) is 82.0 cm³/mol. The molecule has 2 aromatic rings. The van der Waals surface area contributed by atoms with Gasteiger partial charge in [0.1, 0.15) is 11.5 Å². The maximum Gasteiger partial charge on any atom is 0.276 e. The van der Waals surface area contributed by atoms with Crippen molar-refractivity contribution < 1.29 is 14.1 Å². The van der Waals surface area contributed by atoms with Crippen LogP contribution >= 0.6 is 0 Å². The van der Waals surface area contributed by atoms with E-state index in [0.29, 0.717) is 11.5 Å². The van der Waals surface area contributed by atoms with E-state index in [1.54, 1.807) is 20.1 Å². The summed E-state index contributed by atoms with van der Waals surface area (Å²) in [7, 11) is 1.68. The molecule has 5 heteroatoms. The Morgan fingerprint density at radius 1 is 1.45 bits per heavy atom. The number of carbonyl (C=O) groups excluding carboxylic acids is 1. The van der Waals surface area contributed by atoms with Crippen LogP contribution in [0.4, 0.5) is 0 Å². The number of amides is 1. The smallest absolute Gasteiger partial charge is 0.276 e. The lowest BCUT2D eigenvalue weighted by Gasteiger charge is -2.24.